The lowest BCUT2D eigenvalue weighted by molar-refractivity contribution is -0.149. The van der Waals surface area contributed by atoms with Crippen LogP contribution in [0.3, 0.4) is 0 Å². The summed E-state index contributed by atoms with van der Waals surface area (Å²) in [5.74, 6) is -1.87. The molecule has 3 atom stereocenters. The second-order valence-electron chi connectivity index (χ2n) is 12.8. The van der Waals surface area contributed by atoms with Crippen molar-refractivity contribution in [3.05, 3.63) is 59.7 Å². The van der Waals surface area contributed by atoms with E-state index in [-0.39, 0.29) is 31.4 Å². The first kappa shape index (κ1) is 30.4. The number of benzene rings is 2. The average molecular weight is 592 g/mol. The monoisotopic (exact) mass is 591 g/mol. The van der Waals surface area contributed by atoms with Crippen molar-refractivity contribution in [2.45, 2.75) is 88.9 Å². The Balaban J connectivity index is 1.24. The molecule has 3 amide bonds. The third kappa shape index (κ3) is 6.95. The van der Waals surface area contributed by atoms with Gasteiger partial charge >= 0.3 is 18.2 Å². The Morgan fingerprint density at radius 2 is 1.53 bits per heavy atom. The molecule has 10 nitrogen and oxygen atoms in total. The highest BCUT2D eigenvalue weighted by Crippen LogP contribution is 2.44. The molecule has 2 aliphatic carbocycles. The van der Waals surface area contributed by atoms with Gasteiger partial charge in [0, 0.05) is 18.9 Å². The van der Waals surface area contributed by atoms with Crippen molar-refractivity contribution in [2.24, 2.45) is 5.92 Å². The molecule has 1 aliphatic heterocycles. The van der Waals surface area contributed by atoms with Crippen LogP contribution in [-0.4, -0.2) is 70.9 Å². The number of carbonyl (C=O) groups is 4. The molecule has 43 heavy (non-hydrogen) atoms. The third-order valence-electron chi connectivity index (χ3n) is 8.59. The van der Waals surface area contributed by atoms with Crippen molar-refractivity contribution in [1.82, 2.24) is 15.5 Å². The highest BCUT2D eigenvalue weighted by Gasteiger charge is 2.45. The van der Waals surface area contributed by atoms with E-state index >= 15 is 0 Å². The van der Waals surface area contributed by atoms with Crippen LogP contribution in [-0.2, 0) is 19.1 Å². The van der Waals surface area contributed by atoms with E-state index in [0.717, 1.165) is 54.4 Å². The summed E-state index contributed by atoms with van der Waals surface area (Å²) in [7, 11) is 0. The zero-order valence-electron chi connectivity index (χ0n) is 25.0. The Bertz CT molecular complexity index is 1320. The fraction of sp³-hybridized carbons (Fsp3) is 0.515. The summed E-state index contributed by atoms with van der Waals surface area (Å²) in [4.78, 5) is 53.0. The van der Waals surface area contributed by atoms with E-state index < -0.39 is 47.8 Å². The van der Waals surface area contributed by atoms with Gasteiger partial charge in [-0.25, -0.2) is 14.4 Å². The van der Waals surface area contributed by atoms with Gasteiger partial charge in [0.05, 0.1) is 6.04 Å². The van der Waals surface area contributed by atoms with Gasteiger partial charge in [-0.1, -0.05) is 67.8 Å². The van der Waals surface area contributed by atoms with Crippen molar-refractivity contribution in [2.75, 3.05) is 13.2 Å². The number of aliphatic carboxylic acids is 1. The Morgan fingerprint density at radius 3 is 2.12 bits per heavy atom. The van der Waals surface area contributed by atoms with E-state index in [1.54, 1.807) is 20.8 Å². The third-order valence-corrected chi connectivity index (χ3v) is 8.59. The van der Waals surface area contributed by atoms with E-state index in [2.05, 4.69) is 22.8 Å². The molecule has 3 N–H and O–H groups in total. The molecule has 0 bridgehead atoms. The second kappa shape index (κ2) is 12.7. The number of carbonyl (C=O) groups excluding carboxylic acids is 3. The normalized spacial score (nSPS) is 21.0. The van der Waals surface area contributed by atoms with Gasteiger partial charge < -0.3 is 30.1 Å². The number of rotatable bonds is 7. The number of alkyl carbamates (subject to hydrolysis) is 2. The summed E-state index contributed by atoms with van der Waals surface area (Å²) in [6.07, 6.45) is 3.07. The fourth-order valence-corrected chi connectivity index (χ4v) is 6.69. The SMILES string of the molecule is CC(C)(C)OC(=O)N[C@H](C(=O)N1C[C@@H](NC(=O)OCC2c3ccccc3-c3ccccc32)C[C@H]1C(=O)O)C1CCCCC1. The van der Waals surface area contributed by atoms with Crippen LogP contribution >= 0.6 is 0 Å². The van der Waals surface area contributed by atoms with Crippen LogP contribution in [0.1, 0.15) is 76.3 Å². The predicted octanol–water partition coefficient (Wildman–Crippen LogP) is 5.05. The number of likely N-dealkylation sites (tertiary alicyclic amines) is 1. The summed E-state index contributed by atoms with van der Waals surface area (Å²) in [5.41, 5.74) is 3.67. The number of carboxylic acid groups (broad SMARTS) is 1. The quantitative estimate of drug-likeness (QED) is 0.410. The van der Waals surface area contributed by atoms with Crippen molar-refractivity contribution in [1.29, 1.82) is 0 Å². The summed E-state index contributed by atoms with van der Waals surface area (Å²) >= 11 is 0. The molecule has 5 rings (SSSR count). The van der Waals surface area contributed by atoms with E-state index in [1.807, 2.05) is 36.4 Å². The number of nitrogens with one attached hydrogen (secondary N) is 2. The minimum absolute atomic E-state index is 0.000780. The lowest BCUT2D eigenvalue weighted by Gasteiger charge is -2.34. The van der Waals surface area contributed by atoms with Gasteiger partial charge in [0.15, 0.2) is 0 Å². The standard InChI is InChI=1S/C33H41N3O7/c1-33(2,3)43-32(41)35-28(20-11-5-4-6-12-20)29(37)36-18-21(17-27(36)30(38)39)34-31(40)42-19-26-24-15-9-7-13-22(24)23-14-8-10-16-25(23)26/h7-10,13-16,20-21,26-28H,4-6,11-12,17-19H2,1-3H3,(H,34,40)(H,35,41)(H,38,39)/t21-,27-,28-/m0/s1. The first-order valence-electron chi connectivity index (χ1n) is 15.2. The minimum Gasteiger partial charge on any atom is -0.480 e. The van der Waals surface area contributed by atoms with E-state index in [0.29, 0.717) is 0 Å². The van der Waals surface area contributed by atoms with Crippen LogP contribution in [0.2, 0.25) is 0 Å². The zero-order chi connectivity index (χ0) is 30.7. The lowest BCUT2D eigenvalue weighted by Crippen LogP contribution is -2.55. The second-order valence-corrected chi connectivity index (χ2v) is 12.8. The molecule has 10 heteroatoms. The maximum atomic E-state index is 13.9. The van der Waals surface area contributed by atoms with Gasteiger partial charge in [0.2, 0.25) is 5.91 Å². The number of hydrogen-bond acceptors (Lipinski definition) is 6. The molecule has 0 radical (unpaired) electrons. The zero-order valence-corrected chi connectivity index (χ0v) is 25.0. The molecule has 1 saturated carbocycles. The van der Waals surface area contributed by atoms with Crippen molar-refractivity contribution in [3.8, 4) is 11.1 Å². The maximum absolute atomic E-state index is 13.9. The van der Waals surface area contributed by atoms with Crippen molar-refractivity contribution >= 4 is 24.1 Å². The van der Waals surface area contributed by atoms with Crippen LogP contribution in [0, 0.1) is 5.92 Å². The average Bonchev–Trinajstić information content (AvgIpc) is 3.53. The molecule has 1 saturated heterocycles. The van der Waals surface area contributed by atoms with Crippen LogP contribution in [0.15, 0.2) is 48.5 Å². The Hall–Kier alpha value is -4.08. The predicted molar refractivity (Wildman–Crippen MR) is 159 cm³/mol. The van der Waals surface area contributed by atoms with E-state index in [1.165, 1.54) is 4.90 Å². The molecule has 230 valence electrons. The Morgan fingerprint density at radius 1 is 0.930 bits per heavy atom. The Labute approximate surface area is 252 Å². The molecule has 1 heterocycles. The van der Waals surface area contributed by atoms with E-state index in [4.69, 9.17) is 9.47 Å². The van der Waals surface area contributed by atoms with Gasteiger partial charge in [-0.05, 0) is 61.8 Å². The highest BCUT2D eigenvalue weighted by molar-refractivity contribution is 5.90. The summed E-state index contributed by atoms with van der Waals surface area (Å²) in [5, 5.41) is 15.5. The molecule has 3 aliphatic rings. The Kier molecular flexibility index (Phi) is 8.94. The van der Waals surface area contributed by atoms with E-state index in [9.17, 15) is 24.3 Å². The molecule has 2 fully saturated rings. The smallest absolute Gasteiger partial charge is 0.408 e. The molecular formula is C33H41N3O7. The molecular weight excluding hydrogens is 550 g/mol. The summed E-state index contributed by atoms with van der Waals surface area (Å²) < 4.78 is 11.1. The topological polar surface area (TPSA) is 134 Å². The number of hydrogen-bond donors (Lipinski definition) is 3. The van der Waals surface area contributed by atoms with Crippen LogP contribution < -0.4 is 10.6 Å². The molecule has 2 aromatic carbocycles. The van der Waals surface area contributed by atoms with Crippen LogP contribution in [0.4, 0.5) is 9.59 Å². The number of nitrogens with zero attached hydrogens (tertiary/aromatic N) is 1. The summed E-state index contributed by atoms with van der Waals surface area (Å²) in [6, 6.07) is 13.4. The molecule has 0 unspecified atom stereocenters. The summed E-state index contributed by atoms with van der Waals surface area (Å²) in [6.45, 7) is 5.35. The fourth-order valence-electron chi connectivity index (χ4n) is 6.69. The first-order chi connectivity index (χ1) is 20.5. The van der Waals surface area contributed by atoms with Gasteiger partial charge in [-0.15, -0.1) is 0 Å². The number of ether oxygens (including phenoxy) is 2. The number of fused-ring (bicyclic) bond motifs is 3. The number of amides is 3. The van der Waals surface area contributed by atoms with Gasteiger partial charge in [-0.2, -0.15) is 0 Å². The molecule has 0 aromatic heterocycles. The highest BCUT2D eigenvalue weighted by atomic mass is 16.6. The molecule has 2 aromatic rings. The largest absolute Gasteiger partial charge is 0.480 e. The van der Waals surface area contributed by atoms with Crippen LogP contribution in [0.5, 0.6) is 0 Å². The molecule has 0 spiro atoms. The van der Waals surface area contributed by atoms with Crippen molar-refractivity contribution < 1.29 is 33.8 Å². The van der Waals surface area contributed by atoms with Crippen LogP contribution in [0.25, 0.3) is 11.1 Å². The first-order valence-corrected chi connectivity index (χ1v) is 15.2. The van der Waals surface area contributed by atoms with Crippen molar-refractivity contribution in [3.63, 3.8) is 0 Å². The van der Waals surface area contributed by atoms with Gasteiger partial charge in [0.25, 0.3) is 0 Å². The minimum atomic E-state index is -1.16. The lowest BCUT2D eigenvalue weighted by atomic mass is 9.83. The van der Waals surface area contributed by atoms with Gasteiger partial charge in [0.1, 0.15) is 24.3 Å². The van der Waals surface area contributed by atoms with Gasteiger partial charge in [-0.3, -0.25) is 4.79 Å². The number of carboxylic acids is 1. The maximum Gasteiger partial charge on any atom is 0.408 e.